The molecular formula is C23H18Br2ClNO6. The normalized spacial score (nSPS) is 11.9. The fraction of sp³-hybridized carbons (Fsp3) is 0.130. The lowest BCUT2D eigenvalue weighted by Crippen LogP contribution is -2.17. The van der Waals surface area contributed by atoms with Gasteiger partial charge in [-0.3, -0.25) is 0 Å². The second-order valence-electron chi connectivity index (χ2n) is 6.77. The number of halogens is 3. The number of oxime groups is 1. The highest BCUT2D eigenvalue weighted by Crippen LogP contribution is 2.38. The fourth-order valence-corrected chi connectivity index (χ4v) is 4.04. The van der Waals surface area contributed by atoms with E-state index in [2.05, 4.69) is 37.0 Å². The summed E-state index contributed by atoms with van der Waals surface area (Å²) in [6.07, 6.45) is 0.342. The molecule has 0 saturated carbocycles. The molecule has 33 heavy (non-hydrogen) atoms. The summed E-state index contributed by atoms with van der Waals surface area (Å²) in [7, 11) is 0. The minimum absolute atomic E-state index is 0.0802. The summed E-state index contributed by atoms with van der Waals surface area (Å²) in [5.41, 5.74) is 1.20. The Balaban J connectivity index is 1.72. The zero-order valence-corrected chi connectivity index (χ0v) is 21.1. The van der Waals surface area contributed by atoms with Gasteiger partial charge in [0.15, 0.2) is 5.75 Å². The van der Waals surface area contributed by atoms with Crippen LogP contribution in [0.4, 0.5) is 0 Å². The van der Waals surface area contributed by atoms with Crippen LogP contribution in [0.5, 0.6) is 23.0 Å². The van der Waals surface area contributed by atoms with E-state index in [0.717, 1.165) is 0 Å². The zero-order chi connectivity index (χ0) is 24.0. The Kier molecular flexibility index (Phi) is 8.60. The molecule has 0 spiro atoms. The molecule has 172 valence electrons. The number of ether oxygens (including phenoxy) is 2. The van der Waals surface area contributed by atoms with Gasteiger partial charge in [0, 0.05) is 10.6 Å². The predicted molar refractivity (Wildman–Crippen MR) is 132 cm³/mol. The van der Waals surface area contributed by atoms with E-state index >= 15 is 0 Å². The second kappa shape index (κ2) is 11.4. The number of phenols is 1. The van der Waals surface area contributed by atoms with E-state index in [0.29, 0.717) is 42.3 Å². The van der Waals surface area contributed by atoms with E-state index in [1.165, 1.54) is 19.2 Å². The lowest BCUT2D eigenvalue weighted by atomic mass is 10.2. The van der Waals surface area contributed by atoms with Gasteiger partial charge in [0.1, 0.15) is 23.9 Å². The smallest absolute Gasteiger partial charge is 0.347 e. The Morgan fingerprint density at radius 2 is 1.73 bits per heavy atom. The highest BCUT2D eigenvalue weighted by atomic mass is 79.9. The van der Waals surface area contributed by atoms with Crippen molar-refractivity contribution in [1.29, 1.82) is 0 Å². The Morgan fingerprint density at radius 3 is 2.36 bits per heavy atom. The molecule has 0 aliphatic carbocycles. The maximum absolute atomic E-state index is 10.8. The number of nitrogens with zero attached hydrogens (tertiary/aromatic N) is 1. The first-order valence-corrected chi connectivity index (χ1v) is 11.5. The van der Waals surface area contributed by atoms with Gasteiger partial charge in [-0.2, -0.15) is 0 Å². The zero-order valence-electron chi connectivity index (χ0n) is 17.2. The number of aliphatic carboxylic acids is 1. The third-order valence-electron chi connectivity index (χ3n) is 4.27. The molecule has 0 fully saturated rings. The molecule has 0 heterocycles. The van der Waals surface area contributed by atoms with Gasteiger partial charge in [0.25, 0.3) is 0 Å². The maximum Gasteiger partial charge on any atom is 0.347 e. The number of rotatable bonds is 9. The standard InChI is InChI=1S/C23H18Br2ClNO6/c1-13(23(29)30)33-27-11-14-8-19(24)22(20(25)9-14)32-18-6-7-21(28)15(10-18)12-31-17-4-2-16(26)3-5-17/h2-11,13,28H,12H2,1H3,(H,29,30). The van der Waals surface area contributed by atoms with Gasteiger partial charge in [-0.05, 0) is 98.9 Å². The van der Waals surface area contributed by atoms with Gasteiger partial charge in [-0.25, -0.2) is 4.79 Å². The number of carbonyl (C=O) groups is 1. The Hall–Kier alpha value is -2.75. The average Bonchev–Trinajstić information content (AvgIpc) is 2.77. The summed E-state index contributed by atoms with van der Waals surface area (Å²) in [6.45, 7) is 1.52. The van der Waals surface area contributed by atoms with Gasteiger partial charge in [0.05, 0.1) is 15.2 Å². The van der Waals surface area contributed by atoms with Crippen LogP contribution in [0.1, 0.15) is 18.1 Å². The molecule has 0 amide bonds. The molecule has 2 N–H and O–H groups in total. The van der Waals surface area contributed by atoms with Crippen molar-refractivity contribution in [3.63, 3.8) is 0 Å². The van der Waals surface area contributed by atoms with E-state index in [9.17, 15) is 9.90 Å². The Bertz CT molecular complexity index is 1150. The van der Waals surface area contributed by atoms with Crippen LogP contribution in [0.3, 0.4) is 0 Å². The van der Waals surface area contributed by atoms with Crippen molar-refractivity contribution in [1.82, 2.24) is 0 Å². The van der Waals surface area contributed by atoms with E-state index in [-0.39, 0.29) is 12.4 Å². The van der Waals surface area contributed by atoms with Crippen LogP contribution in [0.2, 0.25) is 5.02 Å². The molecule has 0 aromatic heterocycles. The summed E-state index contributed by atoms with van der Waals surface area (Å²) in [5.74, 6) is 0.586. The van der Waals surface area contributed by atoms with Gasteiger partial charge in [0.2, 0.25) is 6.10 Å². The van der Waals surface area contributed by atoms with E-state index in [4.69, 9.17) is 31.0 Å². The monoisotopic (exact) mass is 597 g/mol. The first-order chi connectivity index (χ1) is 15.7. The van der Waals surface area contributed by atoms with Crippen LogP contribution in [-0.4, -0.2) is 28.5 Å². The van der Waals surface area contributed by atoms with Gasteiger partial charge < -0.3 is 24.5 Å². The van der Waals surface area contributed by atoms with E-state index in [1.807, 2.05) is 0 Å². The molecule has 1 unspecified atom stereocenters. The van der Waals surface area contributed by atoms with Crippen LogP contribution in [0.15, 0.2) is 68.7 Å². The Morgan fingerprint density at radius 1 is 1.09 bits per heavy atom. The molecular weight excluding hydrogens is 582 g/mol. The number of phenolic OH excluding ortho intramolecular Hbond substituents is 1. The quantitative estimate of drug-likeness (QED) is 0.208. The molecule has 1 atom stereocenters. The molecule has 0 bridgehead atoms. The predicted octanol–water partition coefficient (Wildman–Crippen LogP) is 6.77. The number of hydrogen-bond acceptors (Lipinski definition) is 6. The van der Waals surface area contributed by atoms with Crippen LogP contribution >= 0.6 is 43.5 Å². The first kappa shape index (κ1) is 24.9. The van der Waals surface area contributed by atoms with Gasteiger partial charge in [-0.1, -0.05) is 16.8 Å². The Labute approximate surface area is 211 Å². The molecule has 0 saturated heterocycles. The summed E-state index contributed by atoms with van der Waals surface area (Å²) in [4.78, 5) is 15.6. The number of benzene rings is 3. The van der Waals surface area contributed by atoms with Crippen molar-refractivity contribution in [2.75, 3.05) is 0 Å². The minimum Gasteiger partial charge on any atom is -0.508 e. The fourth-order valence-electron chi connectivity index (χ4n) is 2.53. The molecule has 3 aromatic rings. The van der Waals surface area contributed by atoms with Crippen molar-refractivity contribution in [2.24, 2.45) is 5.16 Å². The van der Waals surface area contributed by atoms with Crippen LogP contribution in [0, 0.1) is 0 Å². The topological polar surface area (TPSA) is 97.6 Å². The largest absolute Gasteiger partial charge is 0.508 e. The van der Waals surface area contributed by atoms with Gasteiger partial charge in [-0.15, -0.1) is 0 Å². The first-order valence-electron chi connectivity index (χ1n) is 9.52. The van der Waals surface area contributed by atoms with Crippen LogP contribution in [-0.2, 0) is 16.2 Å². The number of hydrogen-bond donors (Lipinski definition) is 2. The van der Waals surface area contributed by atoms with Crippen molar-refractivity contribution in [2.45, 2.75) is 19.6 Å². The maximum atomic E-state index is 10.8. The number of aromatic hydroxyl groups is 1. The summed E-state index contributed by atoms with van der Waals surface area (Å²) in [5, 5.41) is 23.3. The molecule has 0 aliphatic heterocycles. The third-order valence-corrected chi connectivity index (χ3v) is 5.70. The summed E-state index contributed by atoms with van der Waals surface area (Å²) < 4.78 is 13.0. The van der Waals surface area contributed by atoms with Crippen molar-refractivity contribution in [3.8, 4) is 23.0 Å². The average molecular weight is 600 g/mol. The molecule has 0 radical (unpaired) electrons. The lowest BCUT2D eigenvalue weighted by molar-refractivity contribution is -0.149. The summed E-state index contributed by atoms with van der Waals surface area (Å²) in [6, 6.07) is 15.2. The molecule has 3 rings (SSSR count). The highest BCUT2D eigenvalue weighted by Gasteiger charge is 2.13. The molecule has 0 aliphatic rings. The molecule has 3 aromatic carbocycles. The van der Waals surface area contributed by atoms with Crippen molar-refractivity contribution in [3.05, 3.63) is 79.7 Å². The second-order valence-corrected chi connectivity index (χ2v) is 8.91. The van der Waals surface area contributed by atoms with E-state index < -0.39 is 12.1 Å². The SMILES string of the molecule is CC(ON=Cc1cc(Br)c(Oc2ccc(O)c(COc3ccc(Cl)cc3)c2)c(Br)c1)C(=O)O. The van der Waals surface area contributed by atoms with Crippen LogP contribution in [0.25, 0.3) is 0 Å². The lowest BCUT2D eigenvalue weighted by Gasteiger charge is -2.13. The summed E-state index contributed by atoms with van der Waals surface area (Å²) >= 11 is 12.8. The van der Waals surface area contributed by atoms with Crippen molar-refractivity contribution < 1.29 is 29.3 Å². The third kappa shape index (κ3) is 7.12. The minimum atomic E-state index is -1.11. The number of carboxylic acid groups (broad SMARTS) is 1. The molecule has 10 heteroatoms. The van der Waals surface area contributed by atoms with E-state index in [1.54, 1.807) is 48.5 Å². The number of carboxylic acids is 1. The van der Waals surface area contributed by atoms with Crippen LogP contribution < -0.4 is 9.47 Å². The molecule has 7 nitrogen and oxygen atoms in total. The van der Waals surface area contributed by atoms with Crippen molar-refractivity contribution >= 4 is 55.6 Å². The highest BCUT2D eigenvalue weighted by molar-refractivity contribution is 9.11. The van der Waals surface area contributed by atoms with Gasteiger partial charge >= 0.3 is 5.97 Å².